The van der Waals surface area contributed by atoms with E-state index in [1.165, 1.54) is 0 Å². The lowest BCUT2D eigenvalue weighted by Gasteiger charge is -2.23. The largest absolute Gasteiger partial charge is 0.313 e. The Bertz CT molecular complexity index is 300. The van der Waals surface area contributed by atoms with Gasteiger partial charge in [0, 0.05) is 19.1 Å². The first-order chi connectivity index (χ1) is 8.03. The Morgan fingerprint density at radius 1 is 1.41 bits per heavy atom. The summed E-state index contributed by atoms with van der Waals surface area (Å²) >= 11 is 0. The van der Waals surface area contributed by atoms with Gasteiger partial charge in [-0.3, -0.25) is 0 Å². The summed E-state index contributed by atoms with van der Waals surface area (Å²) in [4.78, 5) is 2.08. The maximum atomic E-state index is 11.8. The van der Waals surface area contributed by atoms with Crippen molar-refractivity contribution in [3.8, 4) is 0 Å². The molecule has 1 fully saturated rings. The molecular weight excluding hydrogens is 238 g/mol. The lowest BCUT2D eigenvalue weighted by atomic mass is 10.1. The van der Waals surface area contributed by atoms with Gasteiger partial charge in [0.1, 0.15) is 0 Å². The van der Waals surface area contributed by atoms with E-state index in [0.29, 0.717) is 6.54 Å². The predicted octanol–water partition coefficient (Wildman–Crippen LogP) is -0.000400. The van der Waals surface area contributed by atoms with Crippen LogP contribution in [0.25, 0.3) is 0 Å². The Balaban J connectivity index is 2.25. The molecule has 0 spiro atoms. The summed E-state index contributed by atoms with van der Waals surface area (Å²) < 4.78 is 26.3. The van der Waals surface area contributed by atoms with Gasteiger partial charge in [-0.15, -0.1) is 0 Å². The molecule has 1 heterocycles. The second-order valence-corrected chi connectivity index (χ2v) is 6.57. The van der Waals surface area contributed by atoms with Crippen LogP contribution in [0.5, 0.6) is 0 Å². The highest BCUT2D eigenvalue weighted by Gasteiger charge is 2.20. The zero-order chi connectivity index (χ0) is 12.7. The van der Waals surface area contributed by atoms with Gasteiger partial charge in [0.15, 0.2) is 0 Å². The number of likely N-dealkylation sites (N-methyl/N-ethyl adjacent to an activating group) is 1. The number of rotatable bonds is 7. The van der Waals surface area contributed by atoms with Crippen LogP contribution in [0.2, 0.25) is 0 Å². The number of sulfonamides is 1. The fourth-order valence-corrected chi connectivity index (χ4v) is 3.27. The fourth-order valence-electron chi connectivity index (χ4n) is 1.94. The average Bonchev–Trinajstić information content (AvgIpc) is 2.29. The Labute approximate surface area is 105 Å². The number of hydrogen-bond acceptors (Lipinski definition) is 4. The summed E-state index contributed by atoms with van der Waals surface area (Å²) in [5, 5.41) is 3.26. The average molecular weight is 263 g/mol. The van der Waals surface area contributed by atoms with Crippen molar-refractivity contribution in [3.05, 3.63) is 0 Å². The molecule has 5 nitrogen and oxygen atoms in total. The van der Waals surface area contributed by atoms with Gasteiger partial charge in [-0.2, -0.15) is 0 Å². The van der Waals surface area contributed by atoms with Crippen LogP contribution in [-0.4, -0.2) is 58.3 Å². The lowest BCUT2D eigenvalue weighted by Crippen LogP contribution is -2.43. The van der Waals surface area contributed by atoms with Crippen LogP contribution < -0.4 is 10.0 Å². The molecule has 1 saturated heterocycles. The normalized spacial score (nSPS) is 21.9. The maximum absolute atomic E-state index is 11.8. The van der Waals surface area contributed by atoms with Gasteiger partial charge in [-0.05, 0) is 33.0 Å². The monoisotopic (exact) mass is 263 g/mol. The van der Waals surface area contributed by atoms with E-state index in [-0.39, 0.29) is 11.8 Å². The van der Waals surface area contributed by atoms with Crippen molar-refractivity contribution in [2.75, 3.05) is 39.0 Å². The van der Waals surface area contributed by atoms with Crippen LogP contribution in [-0.2, 0) is 10.0 Å². The molecule has 1 atom stereocenters. The summed E-state index contributed by atoms with van der Waals surface area (Å²) in [7, 11) is -1.14. The minimum atomic E-state index is -3.12. The summed E-state index contributed by atoms with van der Waals surface area (Å²) in [6.07, 6.45) is 3.26. The molecule has 102 valence electrons. The van der Waals surface area contributed by atoms with Crippen LogP contribution in [0, 0.1) is 0 Å². The van der Waals surface area contributed by atoms with Crippen molar-refractivity contribution in [1.82, 2.24) is 14.9 Å². The number of nitrogens with one attached hydrogen (secondary N) is 2. The molecule has 6 heteroatoms. The highest BCUT2D eigenvalue weighted by molar-refractivity contribution is 7.89. The van der Waals surface area contributed by atoms with Crippen LogP contribution in [0.3, 0.4) is 0 Å². The van der Waals surface area contributed by atoms with E-state index in [1.807, 2.05) is 7.05 Å². The van der Waals surface area contributed by atoms with Crippen molar-refractivity contribution in [3.63, 3.8) is 0 Å². The molecule has 0 aliphatic carbocycles. The first-order valence-electron chi connectivity index (χ1n) is 6.43. The summed E-state index contributed by atoms with van der Waals surface area (Å²) in [6.45, 7) is 5.19. The first-order valence-corrected chi connectivity index (χ1v) is 8.08. The van der Waals surface area contributed by atoms with Gasteiger partial charge in [-0.25, -0.2) is 13.1 Å². The molecule has 0 radical (unpaired) electrons. The van der Waals surface area contributed by atoms with E-state index in [2.05, 4.69) is 21.9 Å². The maximum Gasteiger partial charge on any atom is 0.213 e. The Kier molecular flexibility index (Phi) is 6.40. The third-order valence-electron chi connectivity index (χ3n) is 3.19. The molecule has 0 aromatic rings. The van der Waals surface area contributed by atoms with Crippen molar-refractivity contribution in [1.29, 1.82) is 0 Å². The summed E-state index contributed by atoms with van der Waals surface area (Å²) in [6, 6.07) is 0.130. The zero-order valence-corrected chi connectivity index (χ0v) is 11.7. The number of piperidine rings is 1. The van der Waals surface area contributed by atoms with E-state index in [9.17, 15) is 8.42 Å². The summed E-state index contributed by atoms with van der Waals surface area (Å²) in [5.41, 5.74) is 0. The van der Waals surface area contributed by atoms with Gasteiger partial charge < -0.3 is 10.2 Å². The van der Waals surface area contributed by atoms with Crippen LogP contribution >= 0.6 is 0 Å². The molecule has 1 rings (SSSR count). The molecule has 1 unspecified atom stereocenters. The highest BCUT2D eigenvalue weighted by atomic mass is 32.2. The Morgan fingerprint density at radius 3 is 2.76 bits per heavy atom. The smallest absolute Gasteiger partial charge is 0.213 e. The highest BCUT2D eigenvalue weighted by Crippen LogP contribution is 2.08. The molecule has 17 heavy (non-hydrogen) atoms. The molecule has 1 aliphatic rings. The van der Waals surface area contributed by atoms with Crippen molar-refractivity contribution < 1.29 is 8.42 Å². The van der Waals surface area contributed by atoms with Gasteiger partial charge >= 0.3 is 0 Å². The molecular formula is C11H25N3O2S. The lowest BCUT2D eigenvalue weighted by molar-refractivity contribution is 0.357. The van der Waals surface area contributed by atoms with Crippen molar-refractivity contribution >= 4 is 10.0 Å². The fraction of sp³-hybridized carbons (Fsp3) is 1.00. The van der Waals surface area contributed by atoms with Gasteiger partial charge in [0.25, 0.3) is 0 Å². The van der Waals surface area contributed by atoms with Gasteiger partial charge in [0.05, 0.1) is 5.75 Å². The van der Waals surface area contributed by atoms with E-state index in [1.54, 1.807) is 0 Å². The number of hydrogen-bond donors (Lipinski definition) is 2. The van der Waals surface area contributed by atoms with Crippen molar-refractivity contribution in [2.24, 2.45) is 0 Å². The standard InChI is InChI=1S/C11H25N3O2S/c1-3-14(2)9-8-13-17(15,16)10-11-6-4-5-7-12-11/h11-13H,3-10H2,1-2H3. The second kappa shape index (κ2) is 7.31. The summed E-state index contributed by atoms with van der Waals surface area (Å²) in [5.74, 6) is 0.211. The Hall–Kier alpha value is -0.170. The topological polar surface area (TPSA) is 61.4 Å². The molecule has 0 amide bonds. The van der Waals surface area contributed by atoms with Gasteiger partial charge in [0.2, 0.25) is 10.0 Å². The van der Waals surface area contributed by atoms with Crippen LogP contribution in [0.1, 0.15) is 26.2 Å². The molecule has 0 aromatic heterocycles. The van der Waals surface area contributed by atoms with E-state index in [4.69, 9.17) is 0 Å². The first kappa shape index (κ1) is 14.9. The molecule has 0 bridgehead atoms. The SMILES string of the molecule is CCN(C)CCNS(=O)(=O)CC1CCCCN1. The second-order valence-electron chi connectivity index (χ2n) is 4.72. The zero-order valence-electron chi connectivity index (χ0n) is 10.9. The van der Waals surface area contributed by atoms with E-state index < -0.39 is 10.0 Å². The third-order valence-corrected chi connectivity index (χ3v) is 4.67. The molecule has 1 aliphatic heterocycles. The van der Waals surface area contributed by atoms with E-state index in [0.717, 1.165) is 38.9 Å². The molecule has 0 aromatic carbocycles. The van der Waals surface area contributed by atoms with Gasteiger partial charge in [-0.1, -0.05) is 13.3 Å². The quantitative estimate of drug-likeness (QED) is 0.679. The third kappa shape index (κ3) is 6.35. The van der Waals surface area contributed by atoms with Crippen molar-refractivity contribution in [2.45, 2.75) is 32.2 Å². The molecule has 2 N–H and O–H groups in total. The minimum absolute atomic E-state index is 0.130. The number of nitrogens with zero attached hydrogens (tertiary/aromatic N) is 1. The molecule has 0 saturated carbocycles. The predicted molar refractivity (Wildman–Crippen MR) is 70.6 cm³/mol. The van der Waals surface area contributed by atoms with E-state index >= 15 is 0 Å². The van der Waals surface area contributed by atoms with Crippen LogP contribution in [0.15, 0.2) is 0 Å². The minimum Gasteiger partial charge on any atom is -0.313 e. The van der Waals surface area contributed by atoms with Crippen LogP contribution in [0.4, 0.5) is 0 Å². The Morgan fingerprint density at radius 2 is 2.18 bits per heavy atom.